The van der Waals surface area contributed by atoms with Crippen molar-refractivity contribution in [3.05, 3.63) is 31.6 Å². The highest BCUT2D eigenvalue weighted by molar-refractivity contribution is 9.13. The molecule has 0 saturated heterocycles. The third kappa shape index (κ3) is 2.87. The molecule has 2 heterocycles. The fourth-order valence-electron chi connectivity index (χ4n) is 1.30. The van der Waals surface area contributed by atoms with Gasteiger partial charge in [0.25, 0.3) is 0 Å². The molecule has 0 unspecified atom stereocenters. The molecule has 1 N–H and O–H groups in total. The molecule has 0 radical (unpaired) electrons. The Balaban J connectivity index is 1.96. The molecule has 0 bridgehead atoms. The smallest absolute Gasteiger partial charge is 0.0843 e. The number of hydrogen-bond donors (Lipinski definition) is 1. The topological polar surface area (TPSA) is 29.9 Å². The predicted molar refractivity (Wildman–Crippen MR) is 74.9 cm³/mol. The molecule has 0 spiro atoms. The van der Waals surface area contributed by atoms with Gasteiger partial charge < -0.3 is 5.32 Å². The van der Waals surface area contributed by atoms with Crippen LogP contribution in [0, 0.1) is 0 Å². The van der Waals surface area contributed by atoms with Gasteiger partial charge in [0.05, 0.1) is 15.7 Å². The van der Waals surface area contributed by atoms with E-state index in [1.807, 2.05) is 17.1 Å². The summed E-state index contributed by atoms with van der Waals surface area (Å²) in [4.78, 5) is 1.28. The number of halogens is 2. The van der Waals surface area contributed by atoms with E-state index in [0.29, 0.717) is 0 Å². The Bertz CT molecular complexity index is 459. The van der Waals surface area contributed by atoms with E-state index in [1.54, 1.807) is 11.3 Å². The summed E-state index contributed by atoms with van der Waals surface area (Å²) in [6, 6.07) is 2.12. The Kier molecular flexibility index (Phi) is 4.05. The maximum absolute atomic E-state index is 4.21. The van der Waals surface area contributed by atoms with Gasteiger partial charge in [-0.15, -0.1) is 11.3 Å². The lowest BCUT2D eigenvalue weighted by Crippen LogP contribution is -1.96. The molecule has 2 aromatic heterocycles. The Morgan fingerprint density at radius 1 is 1.50 bits per heavy atom. The van der Waals surface area contributed by atoms with Gasteiger partial charge in [-0.2, -0.15) is 5.10 Å². The first-order valence-electron chi connectivity index (χ1n) is 4.89. The van der Waals surface area contributed by atoms with Crippen molar-refractivity contribution in [1.82, 2.24) is 9.78 Å². The van der Waals surface area contributed by atoms with Gasteiger partial charge in [-0.3, -0.25) is 4.68 Å². The molecule has 0 saturated carbocycles. The lowest BCUT2D eigenvalue weighted by molar-refractivity contribution is 0.660. The number of nitrogens with one attached hydrogen (secondary N) is 1. The van der Waals surface area contributed by atoms with Crippen LogP contribution >= 0.6 is 43.2 Å². The Morgan fingerprint density at radius 3 is 2.88 bits per heavy atom. The van der Waals surface area contributed by atoms with Crippen molar-refractivity contribution in [1.29, 1.82) is 0 Å². The summed E-state index contributed by atoms with van der Waals surface area (Å²) in [6.07, 6.45) is 3.86. The molecule has 0 aliphatic heterocycles. The lowest BCUT2D eigenvalue weighted by atomic mass is 10.4. The summed E-state index contributed by atoms with van der Waals surface area (Å²) in [5, 5.41) is 7.55. The molecule has 2 aromatic rings. The highest BCUT2D eigenvalue weighted by Crippen LogP contribution is 2.32. The molecular weight excluding hydrogens is 354 g/mol. The summed E-state index contributed by atoms with van der Waals surface area (Å²) in [5.41, 5.74) is 1.06. The molecule has 0 aliphatic rings. The average molecular weight is 365 g/mol. The molecule has 0 atom stereocenters. The van der Waals surface area contributed by atoms with Crippen LogP contribution in [-0.4, -0.2) is 9.78 Å². The molecule has 0 fully saturated rings. The summed E-state index contributed by atoms with van der Waals surface area (Å²) < 4.78 is 4.15. The maximum Gasteiger partial charge on any atom is 0.0843 e. The summed E-state index contributed by atoms with van der Waals surface area (Å²) >= 11 is 8.69. The molecule has 2 rings (SSSR count). The SMILES string of the molecule is CCn1cc(NCc2cc(Br)c(Br)s2)cn1. The van der Waals surface area contributed by atoms with Gasteiger partial charge in [0.1, 0.15) is 0 Å². The third-order valence-electron chi connectivity index (χ3n) is 2.12. The van der Waals surface area contributed by atoms with Crippen LogP contribution in [0.1, 0.15) is 11.8 Å². The van der Waals surface area contributed by atoms with Gasteiger partial charge in [-0.05, 0) is 44.8 Å². The van der Waals surface area contributed by atoms with Crippen LogP contribution in [0.3, 0.4) is 0 Å². The highest BCUT2D eigenvalue weighted by atomic mass is 79.9. The van der Waals surface area contributed by atoms with Crippen LogP contribution in [0.4, 0.5) is 5.69 Å². The summed E-state index contributed by atoms with van der Waals surface area (Å²) in [5.74, 6) is 0. The number of nitrogens with zero attached hydrogens (tertiary/aromatic N) is 2. The van der Waals surface area contributed by atoms with Crippen LogP contribution < -0.4 is 5.32 Å². The zero-order valence-electron chi connectivity index (χ0n) is 8.70. The Hall–Kier alpha value is -0.330. The van der Waals surface area contributed by atoms with Crippen LogP contribution in [0.2, 0.25) is 0 Å². The molecule has 0 aromatic carbocycles. The van der Waals surface area contributed by atoms with Crippen LogP contribution in [0.5, 0.6) is 0 Å². The molecule has 6 heteroatoms. The summed E-state index contributed by atoms with van der Waals surface area (Å²) in [6.45, 7) is 3.80. The quantitative estimate of drug-likeness (QED) is 0.884. The minimum absolute atomic E-state index is 0.824. The Labute approximate surface area is 115 Å². The van der Waals surface area contributed by atoms with E-state index in [1.165, 1.54) is 4.88 Å². The van der Waals surface area contributed by atoms with Crippen molar-refractivity contribution in [3.8, 4) is 0 Å². The van der Waals surface area contributed by atoms with Crippen molar-refractivity contribution in [3.63, 3.8) is 0 Å². The highest BCUT2D eigenvalue weighted by Gasteiger charge is 2.04. The first-order chi connectivity index (χ1) is 7.69. The number of rotatable bonds is 4. The summed E-state index contributed by atoms with van der Waals surface area (Å²) in [7, 11) is 0. The normalized spacial score (nSPS) is 10.7. The van der Waals surface area contributed by atoms with Gasteiger partial charge in [-0.25, -0.2) is 0 Å². The number of thiophene rings is 1. The average Bonchev–Trinajstić information content (AvgIpc) is 2.84. The second kappa shape index (κ2) is 5.33. The van der Waals surface area contributed by atoms with Gasteiger partial charge in [0.2, 0.25) is 0 Å². The van der Waals surface area contributed by atoms with E-state index >= 15 is 0 Å². The lowest BCUT2D eigenvalue weighted by Gasteiger charge is -1.99. The first-order valence-corrected chi connectivity index (χ1v) is 7.29. The number of aromatic nitrogens is 2. The maximum atomic E-state index is 4.21. The monoisotopic (exact) mass is 363 g/mol. The van der Waals surface area contributed by atoms with Crippen LogP contribution in [0.15, 0.2) is 26.7 Å². The standard InChI is InChI=1S/C10H11Br2N3S/c1-2-15-6-7(4-14-15)13-5-8-3-9(11)10(12)16-8/h3-4,6,13H,2,5H2,1H3. The number of aryl methyl sites for hydroxylation is 1. The molecule has 16 heavy (non-hydrogen) atoms. The molecular formula is C10H11Br2N3S. The largest absolute Gasteiger partial charge is 0.378 e. The molecule has 0 aliphatic carbocycles. The molecule has 0 amide bonds. The minimum atomic E-state index is 0.824. The number of hydrogen-bond acceptors (Lipinski definition) is 3. The molecule has 3 nitrogen and oxygen atoms in total. The minimum Gasteiger partial charge on any atom is -0.378 e. The van der Waals surface area contributed by atoms with E-state index < -0.39 is 0 Å². The second-order valence-corrected chi connectivity index (χ2v) is 6.58. The zero-order valence-corrected chi connectivity index (χ0v) is 12.7. The van der Waals surface area contributed by atoms with Crippen molar-refractivity contribution in [2.24, 2.45) is 0 Å². The van der Waals surface area contributed by atoms with Gasteiger partial charge in [0.15, 0.2) is 0 Å². The second-order valence-electron chi connectivity index (χ2n) is 3.27. The van der Waals surface area contributed by atoms with Crippen LogP contribution in [0.25, 0.3) is 0 Å². The fourth-order valence-corrected chi connectivity index (χ4v) is 3.41. The van der Waals surface area contributed by atoms with Gasteiger partial charge in [0, 0.05) is 28.6 Å². The van der Waals surface area contributed by atoms with Crippen molar-refractivity contribution in [2.75, 3.05) is 5.32 Å². The predicted octanol–water partition coefficient (Wildman–Crippen LogP) is 4.10. The van der Waals surface area contributed by atoms with E-state index in [4.69, 9.17) is 0 Å². The third-order valence-corrected chi connectivity index (χ3v) is 5.38. The van der Waals surface area contributed by atoms with Crippen molar-refractivity contribution < 1.29 is 0 Å². The zero-order chi connectivity index (χ0) is 11.5. The van der Waals surface area contributed by atoms with E-state index in [2.05, 4.69) is 55.3 Å². The van der Waals surface area contributed by atoms with E-state index in [0.717, 1.165) is 27.0 Å². The first kappa shape index (κ1) is 12.1. The Morgan fingerprint density at radius 2 is 2.31 bits per heavy atom. The van der Waals surface area contributed by atoms with E-state index in [9.17, 15) is 0 Å². The number of anilines is 1. The van der Waals surface area contributed by atoms with Crippen molar-refractivity contribution in [2.45, 2.75) is 20.0 Å². The van der Waals surface area contributed by atoms with Gasteiger partial charge in [-0.1, -0.05) is 0 Å². The fraction of sp³-hybridized carbons (Fsp3) is 0.300. The van der Waals surface area contributed by atoms with Gasteiger partial charge >= 0.3 is 0 Å². The van der Waals surface area contributed by atoms with Crippen LogP contribution in [-0.2, 0) is 13.1 Å². The van der Waals surface area contributed by atoms with Crippen molar-refractivity contribution >= 4 is 48.9 Å². The van der Waals surface area contributed by atoms with E-state index in [-0.39, 0.29) is 0 Å². The molecule has 86 valence electrons.